The van der Waals surface area contributed by atoms with Gasteiger partial charge in [-0.25, -0.2) is 0 Å². The van der Waals surface area contributed by atoms with Gasteiger partial charge < -0.3 is 10.4 Å². The van der Waals surface area contributed by atoms with Crippen molar-refractivity contribution >= 4 is 38.2 Å². The first kappa shape index (κ1) is 19.3. The van der Waals surface area contributed by atoms with E-state index >= 15 is 0 Å². The van der Waals surface area contributed by atoms with Crippen LogP contribution in [0.2, 0.25) is 0 Å². The fourth-order valence-corrected chi connectivity index (χ4v) is 3.56. The summed E-state index contributed by atoms with van der Waals surface area (Å²) in [6.45, 7) is 1.65. The molecule has 9 nitrogen and oxygen atoms in total. The molecular formula is C18H14N2O7S. The first-order chi connectivity index (χ1) is 13.1. The molecule has 0 aliphatic rings. The van der Waals surface area contributed by atoms with Gasteiger partial charge in [-0.15, -0.1) is 0 Å². The Morgan fingerprint density at radius 3 is 2.46 bits per heavy atom. The molecule has 3 N–H and O–H groups in total. The van der Waals surface area contributed by atoms with Crippen molar-refractivity contribution in [3.63, 3.8) is 0 Å². The number of anilines is 1. The van der Waals surface area contributed by atoms with Crippen LogP contribution in [0.25, 0.3) is 10.8 Å². The van der Waals surface area contributed by atoms with Crippen LogP contribution in [-0.2, 0) is 10.1 Å². The Balaban J connectivity index is 2.13. The number of aryl methyl sites for hydroxylation is 1. The average molecular weight is 402 g/mol. The molecule has 0 heterocycles. The number of hydrogen-bond donors (Lipinski definition) is 3. The molecular weight excluding hydrogens is 388 g/mol. The summed E-state index contributed by atoms with van der Waals surface area (Å²) in [5.41, 5.74) is 0.163. The maximum absolute atomic E-state index is 12.6. The molecule has 10 heteroatoms. The summed E-state index contributed by atoms with van der Waals surface area (Å²) >= 11 is 0. The van der Waals surface area contributed by atoms with Gasteiger partial charge in [-0.3, -0.25) is 19.5 Å². The third kappa shape index (κ3) is 3.63. The average Bonchev–Trinajstić information content (AvgIpc) is 2.60. The maximum atomic E-state index is 12.6. The SMILES string of the molecule is Cc1ccc(C(=O)Nc2cccc3c(S(=O)(=O)O)cc(O)cc23)c([N+](=O)[O-])c1. The van der Waals surface area contributed by atoms with Crippen LogP contribution in [0.4, 0.5) is 11.4 Å². The Morgan fingerprint density at radius 1 is 1.11 bits per heavy atom. The van der Waals surface area contributed by atoms with E-state index in [1.165, 1.54) is 36.4 Å². The Morgan fingerprint density at radius 2 is 1.82 bits per heavy atom. The van der Waals surface area contributed by atoms with Crippen LogP contribution in [0.5, 0.6) is 5.75 Å². The summed E-state index contributed by atoms with van der Waals surface area (Å²) in [7, 11) is -4.63. The van der Waals surface area contributed by atoms with Gasteiger partial charge in [-0.05, 0) is 30.7 Å². The molecule has 0 atom stereocenters. The monoisotopic (exact) mass is 402 g/mol. The van der Waals surface area contributed by atoms with Crippen LogP contribution in [-0.4, -0.2) is 28.9 Å². The summed E-state index contributed by atoms with van der Waals surface area (Å²) in [6, 6.07) is 10.5. The molecule has 0 fully saturated rings. The molecule has 0 saturated carbocycles. The quantitative estimate of drug-likeness (QED) is 0.345. The number of benzene rings is 3. The number of amides is 1. The number of nitro groups is 1. The van der Waals surface area contributed by atoms with Crippen LogP contribution in [0.1, 0.15) is 15.9 Å². The molecule has 28 heavy (non-hydrogen) atoms. The van der Waals surface area contributed by atoms with Gasteiger partial charge in [0.1, 0.15) is 16.2 Å². The Labute approximate surface area is 159 Å². The molecule has 0 radical (unpaired) electrons. The first-order valence-electron chi connectivity index (χ1n) is 7.87. The highest BCUT2D eigenvalue weighted by atomic mass is 32.2. The Hall–Kier alpha value is -3.50. The minimum absolute atomic E-state index is 0.0662. The highest BCUT2D eigenvalue weighted by molar-refractivity contribution is 7.86. The smallest absolute Gasteiger partial charge is 0.295 e. The minimum Gasteiger partial charge on any atom is -0.508 e. The largest absolute Gasteiger partial charge is 0.508 e. The number of carbonyl (C=O) groups is 1. The predicted octanol–water partition coefficient (Wildman–Crippen LogP) is 3.26. The topological polar surface area (TPSA) is 147 Å². The number of phenols is 1. The van der Waals surface area contributed by atoms with Crippen LogP contribution in [0, 0.1) is 17.0 Å². The van der Waals surface area contributed by atoms with Crippen LogP contribution in [0.15, 0.2) is 53.4 Å². The molecule has 0 aromatic heterocycles. The zero-order valence-electron chi connectivity index (χ0n) is 14.4. The van der Waals surface area contributed by atoms with E-state index in [1.54, 1.807) is 13.0 Å². The van der Waals surface area contributed by atoms with E-state index in [1.807, 2.05) is 0 Å². The summed E-state index contributed by atoms with van der Waals surface area (Å²) in [5, 5.41) is 23.8. The standard InChI is InChI=1S/C18H14N2O7S/c1-10-5-6-13(16(7-10)20(23)24)18(22)19-15-4-2-3-12-14(15)8-11(21)9-17(12)28(25,26)27/h2-9,21H,1H3,(H,19,22)(H,25,26,27). The number of hydrogen-bond acceptors (Lipinski definition) is 6. The lowest BCUT2D eigenvalue weighted by Crippen LogP contribution is -2.14. The van der Waals surface area contributed by atoms with Crippen molar-refractivity contribution in [2.45, 2.75) is 11.8 Å². The van der Waals surface area contributed by atoms with E-state index in [9.17, 15) is 33.0 Å². The van der Waals surface area contributed by atoms with Gasteiger partial charge in [0.25, 0.3) is 21.7 Å². The van der Waals surface area contributed by atoms with Crippen molar-refractivity contribution in [1.82, 2.24) is 0 Å². The van der Waals surface area contributed by atoms with Crippen molar-refractivity contribution in [2.75, 3.05) is 5.32 Å². The molecule has 3 aromatic carbocycles. The van der Waals surface area contributed by atoms with Crippen LogP contribution >= 0.6 is 0 Å². The van der Waals surface area contributed by atoms with Crippen molar-refractivity contribution < 1.29 is 27.8 Å². The van der Waals surface area contributed by atoms with E-state index < -0.39 is 31.6 Å². The number of nitrogens with zero attached hydrogens (tertiary/aromatic N) is 1. The molecule has 0 unspecified atom stereocenters. The van der Waals surface area contributed by atoms with Crippen molar-refractivity contribution in [3.8, 4) is 5.75 Å². The zero-order chi connectivity index (χ0) is 20.6. The number of phenolic OH excluding ortho intramolecular Hbond substituents is 1. The number of nitro benzene ring substituents is 1. The summed E-state index contributed by atoms with van der Waals surface area (Å²) in [4.78, 5) is 22.7. The van der Waals surface area contributed by atoms with Gasteiger partial charge in [-0.2, -0.15) is 8.42 Å². The number of aromatic hydroxyl groups is 1. The first-order valence-corrected chi connectivity index (χ1v) is 9.31. The third-order valence-electron chi connectivity index (χ3n) is 4.06. The van der Waals surface area contributed by atoms with Gasteiger partial charge >= 0.3 is 0 Å². The molecule has 1 amide bonds. The van der Waals surface area contributed by atoms with Crippen molar-refractivity contribution in [3.05, 3.63) is 69.8 Å². The van der Waals surface area contributed by atoms with Gasteiger partial charge in [0.15, 0.2) is 0 Å². The fraction of sp³-hybridized carbons (Fsp3) is 0.0556. The minimum atomic E-state index is -4.63. The molecule has 0 spiro atoms. The number of nitrogens with one attached hydrogen (secondary N) is 1. The van der Waals surface area contributed by atoms with Gasteiger partial charge in [0.05, 0.1) is 4.92 Å². The second-order valence-electron chi connectivity index (χ2n) is 6.05. The summed E-state index contributed by atoms with van der Waals surface area (Å²) in [5.74, 6) is -1.22. The highest BCUT2D eigenvalue weighted by Gasteiger charge is 2.22. The third-order valence-corrected chi connectivity index (χ3v) is 4.96. The number of rotatable bonds is 4. The highest BCUT2D eigenvalue weighted by Crippen LogP contribution is 2.33. The molecule has 0 bridgehead atoms. The van der Waals surface area contributed by atoms with E-state index in [0.717, 1.165) is 6.07 Å². The normalized spacial score (nSPS) is 11.4. The molecule has 0 aliphatic heterocycles. The molecule has 3 aromatic rings. The Kier molecular flexibility index (Phi) is 4.75. The Bertz CT molecular complexity index is 1240. The molecule has 144 valence electrons. The molecule has 0 saturated heterocycles. The second kappa shape index (κ2) is 6.91. The van der Waals surface area contributed by atoms with E-state index in [4.69, 9.17) is 0 Å². The predicted molar refractivity (Wildman–Crippen MR) is 101 cm³/mol. The van der Waals surface area contributed by atoms with Crippen LogP contribution in [0.3, 0.4) is 0 Å². The molecule has 0 aliphatic carbocycles. The van der Waals surface area contributed by atoms with Crippen molar-refractivity contribution in [2.24, 2.45) is 0 Å². The molecule has 3 rings (SSSR count). The summed E-state index contributed by atoms with van der Waals surface area (Å²) in [6.07, 6.45) is 0. The lowest BCUT2D eigenvalue weighted by Gasteiger charge is -2.12. The second-order valence-corrected chi connectivity index (χ2v) is 7.44. The maximum Gasteiger partial charge on any atom is 0.295 e. The number of fused-ring (bicyclic) bond motifs is 1. The van der Waals surface area contributed by atoms with Gasteiger partial charge in [0, 0.05) is 28.6 Å². The lowest BCUT2D eigenvalue weighted by atomic mass is 10.1. The lowest BCUT2D eigenvalue weighted by molar-refractivity contribution is -0.385. The van der Waals surface area contributed by atoms with E-state index in [-0.39, 0.29) is 27.7 Å². The van der Waals surface area contributed by atoms with E-state index in [0.29, 0.717) is 5.56 Å². The summed E-state index contributed by atoms with van der Waals surface area (Å²) < 4.78 is 32.6. The van der Waals surface area contributed by atoms with E-state index in [2.05, 4.69) is 5.32 Å². The van der Waals surface area contributed by atoms with Crippen molar-refractivity contribution in [1.29, 1.82) is 0 Å². The number of carbonyl (C=O) groups excluding carboxylic acids is 1. The van der Waals surface area contributed by atoms with Crippen LogP contribution < -0.4 is 5.32 Å². The zero-order valence-corrected chi connectivity index (χ0v) is 15.2. The van der Waals surface area contributed by atoms with Gasteiger partial charge in [-0.1, -0.05) is 18.2 Å². The van der Waals surface area contributed by atoms with Gasteiger partial charge in [0.2, 0.25) is 0 Å². The fourth-order valence-electron chi connectivity index (χ4n) is 2.83.